The molecule has 1 rings (SSSR count). The van der Waals surface area contributed by atoms with E-state index in [1.54, 1.807) is 0 Å². The minimum Gasteiger partial charge on any atom is -0.548 e. The smallest absolute Gasteiger partial charge is 0.241 e. The van der Waals surface area contributed by atoms with Crippen LogP contribution in [-0.4, -0.2) is 8.32 Å². The molecule has 0 spiro atoms. The van der Waals surface area contributed by atoms with Gasteiger partial charge in [0.25, 0.3) is 0 Å². The Morgan fingerprint density at radius 2 is 2.14 bits per heavy atom. The molecule has 0 aliphatic heterocycles. The van der Waals surface area contributed by atoms with E-state index in [-0.39, 0.29) is 0 Å². The standard InChI is InChI=1S/C12H24OSi/c1-5-6-11-7-9-12(10-8-11)13-14(2,3)4/h9,11H,5-8,10H2,1-4H3/t11-/m1/s1. The third-order valence-electron chi connectivity index (χ3n) is 2.61. The molecule has 1 atom stereocenters. The lowest BCUT2D eigenvalue weighted by Crippen LogP contribution is -2.25. The highest BCUT2D eigenvalue weighted by Gasteiger charge is 2.20. The molecule has 0 amide bonds. The summed E-state index contributed by atoms with van der Waals surface area (Å²) in [7, 11) is -1.35. The molecule has 1 aliphatic carbocycles. The van der Waals surface area contributed by atoms with Gasteiger partial charge in [0.15, 0.2) is 0 Å². The summed E-state index contributed by atoms with van der Waals surface area (Å²) in [5, 5.41) is 0. The minimum atomic E-state index is -1.35. The van der Waals surface area contributed by atoms with Crippen LogP contribution in [0.5, 0.6) is 0 Å². The van der Waals surface area contributed by atoms with Gasteiger partial charge in [-0.3, -0.25) is 0 Å². The average molecular weight is 212 g/mol. The third-order valence-corrected chi connectivity index (χ3v) is 3.49. The summed E-state index contributed by atoms with van der Waals surface area (Å²) in [4.78, 5) is 0. The molecule has 0 fully saturated rings. The van der Waals surface area contributed by atoms with Crippen molar-refractivity contribution in [3.63, 3.8) is 0 Å². The van der Waals surface area contributed by atoms with Crippen LogP contribution in [0.3, 0.4) is 0 Å². The quantitative estimate of drug-likeness (QED) is 0.631. The van der Waals surface area contributed by atoms with E-state index < -0.39 is 8.32 Å². The average Bonchev–Trinajstić information content (AvgIpc) is 2.06. The topological polar surface area (TPSA) is 9.23 Å². The normalized spacial score (nSPS) is 23.1. The molecule has 0 unspecified atom stereocenters. The van der Waals surface area contributed by atoms with Crippen LogP contribution in [0, 0.1) is 5.92 Å². The van der Waals surface area contributed by atoms with Gasteiger partial charge in [0.05, 0.1) is 5.76 Å². The number of hydrogen-bond donors (Lipinski definition) is 0. The van der Waals surface area contributed by atoms with Crippen LogP contribution in [0.25, 0.3) is 0 Å². The Kier molecular flexibility index (Phi) is 4.23. The Labute approximate surface area is 89.7 Å². The molecule has 0 aromatic carbocycles. The maximum Gasteiger partial charge on any atom is 0.241 e. The van der Waals surface area contributed by atoms with E-state index in [2.05, 4.69) is 32.6 Å². The zero-order chi connectivity index (χ0) is 10.6. The Balaban J connectivity index is 2.37. The summed E-state index contributed by atoms with van der Waals surface area (Å²) in [6.45, 7) is 9.04. The van der Waals surface area contributed by atoms with Gasteiger partial charge >= 0.3 is 0 Å². The van der Waals surface area contributed by atoms with Crippen molar-refractivity contribution in [1.29, 1.82) is 0 Å². The molecular weight excluding hydrogens is 188 g/mol. The lowest BCUT2D eigenvalue weighted by Gasteiger charge is -2.27. The molecule has 0 heterocycles. The van der Waals surface area contributed by atoms with E-state index >= 15 is 0 Å². The van der Waals surface area contributed by atoms with Gasteiger partial charge in [-0.25, -0.2) is 0 Å². The van der Waals surface area contributed by atoms with E-state index in [1.165, 1.54) is 37.9 Å². The molecule has 0 saturated carbocycles. The highest BCUT2D eigenvalue weighted by Crippen LogP contribution is 2.28. The van der Waals surface area contributed by atoms with Crippen molar-refractivity contribution in [1.82, 2.24) is 0 Å². The van der Waals surface area contributed by atoms with E-state index in [9.17, 15) is 0 Å². The highest BCUT2D eigenvalue weighted by atomic mass is 28.4. The summed E-state index contributed by atoms with van der Waals surface area (Å²) >= 11 is 0. The molecule has 0 bridgehead atoms. The van der Waals surface area contributed by atoms with Gasteiger partial charge in [-0.15, -0.1) is 0 Å². The fourth-order valence-corrected chi connectivity index (χ4v) is 2.99. The van der Waals surface area contributed by atoms with Gasteiger partial charge in [0.1, 0.15) is 0 Å². The summed E-state index contributed by atoms with van der Waals surface area (Å²) in [5.41, 5.74) is 0. The maximum absolute atomic E-state index is 6.01. The predicted octanol–water partition coefficient (Wildman–Crippen LogP) is 4.32. The second kappa shape index (κ2) is 5.01. The minimum absolute atomic E-state index is 0.925. The first kappa shape index (κ1) is 11.8. The molecule has 1 aliphatic rings. The molecule has 1 nitrogen and oxygen atoms in total. The fourth-order valence-electron chi connectivity index (χ4n) is 2.02. The number of hydrogen-bond acceptors (Lipinski definition) is 1. The number of rotatable bonds is 4. The van der Waals surface area contributed by atoms with E-state index in [4.69, 9.17) is 4.43 Å². The Bertz CT molecular complexity index is 203. The second-order valence-corrected chi connectivity index (χ2v) is 9.74. The van der Waals surface area contributed by atoms with Gasteiger partial charge in [-0.1, -0.05) is 19.8 Å². The molecule has 0 aromatic heterocycles. The van der Waals surface area contributed by atoms with Gasteiger partial charge in [-0.05, 0) is 44.5 Å². The third kappa shape index (κ3) is 4.31. The van der Waals surface area contributed by atoms with Crippen LogP contribution in [0.15, 0.2) is 11.8 Å². The summed E-state index contributed by atoms with van der Waals surface area (Å²) in [6, 6.07) is 0. The SMILES string of the molecule is CCC[C@@H]1CC=C(O[Si](C)(C)C)CC1. The lowest BCUT2D eigenvalue weighted by atomic mass is 9.90. The molecule has 0 aromatic rings. The Hall–Kier alpha value is -0.243. The van der Waals surface area contributed by atoms with Crippen molar-refractivity contribution in [2.75, 3.05) is 0 Å². The van der Waals surface area contributed by atoms with Crippen molar-refractivity contribution >= 4 is 8.32 Å². The Morgan fingerprint density at radius 1 is 1.43 bits per heavy atom. The summed E-state index contributed by atoms with van der Waals surface area (Å²) in [6.07, 6.45) is 8.80. The molecule has 14 heavy (non-hydrogen) atoms. The van der Waals surface area contributed by atoms with Gasteiger partial charge in [0, 0.05) is 6.42 Å². The first-order valence-corrected chi connectivity index (χ1v) is 9.30. The first-order chi connectivity index (χ1) is 6.51. The van der Waals surface area contributed by atoms with E-state index in [0.717, 1.165) is 5.92 Å². The molecular formula is C12H24OSi. The zero-order valence-electron chi connectivity index (χ0n) is 10.1. The van der Waals surface area contributed by atoms with E-state index in [1.807, 2.05) is 0 Å². The van der Waals surface area contributed by atoms with Gasteiger partial charge in [-0.2, -0.15) is 0 Å². The Morgan fingerprint density at radius 3 is 2.57 bits per heavy atom. The largest absolute Gasteiger partial charge is 0.548 e. The highest BCUT2D eigenvalue weighted by molar-refractivity contribution is 6.70. The fraction of sp³-hybridized carbons (Fsp3) is 0.833. The van der Waals surface area contributed by atoms with Crippen molar-refractivity contribution in [2.45, 2.75) is 58.7 Å². The lowest BCUT2D eigenvalue weighted by molar-refractivity contribution is 0.336. The zero-order valence-corrected chi connectivity index (χ0v) is 11.1. The summed E-state index contributed by atoms with van der Waals surface area (Å²) in [5.74, 6) is 2.20. The van der Waals surface area contributed by atoms with Crippen LogP contribution >= 0.6 is 0 Å². The van der Waals surface area contributed by atoms with Crippen molar-refractivity contribution in [2.24, 2.45) is 5.92 Å². The van der Waals surface area contributed by atoms with Crippen molar-refractivity contribution < 1.29 is 4.43 Å². The van der Waals surface area contributed by atoms with Crippen LogP contribution in [0.1, 0.15) is 39.0 Å². The molecule has 0 radical (unpaired) electrons. The van der Waals surface area contributed by atoms with Crippen molar-refractivity contribution in [3.8, 4) is 0 Å². The summed E-state index contributed by atoms with van der Waals surface area (Å²) < 4.78 is 6.01. The molecule has 2 heteroatoms. The molecule has 82 valence electrons. The van der Waals surface area contributed by atoms with Gasteiger partial charge < -0.3 is 4.43 Å². The molecule has 0 saturated heterocycles. The van der Waals surface area contributed by atoms with Crippen LogP contribution < -0.4 is 0 Å². The molecule has 0 N–H and O–H groups in total. The van der Waals surface area contributed by atoms with Gasteiger partial charge in [0.2, 0.25) is 8.32 Å². The van der Waals surface area contributed by atoms with Crippen molar-refractivity contribution in [3.05, 3.63) is 11.8 Å². The first-order valence-electron chi connectivity index (χ1n) is 5.89. The second-order valence-electron chi connectivity index (χ2n) is 5.31. The van der Waals surface area contributed by atoms with Crippen LogP contribution in [0.4, 0.5) is 0 Å². The maximum atomic E-state index is 6.01. The monoisotopic (exact) mass is 212 g/mol. The predicted molar refractivity (Wildman–Crippen MR) is 64.8 cm³/mol. The van der Waals surface area contributed by atoms with Crippen LogP contribution in [0.2, 0.25) is 19.6 Å². The van der Waals surface area contributed by atoms with Crippen LogP contribution in [-0.2, 0) is 4.43 Å². The van der Waals surface area contributed by atoms with E-state index in [0.29, 0.717) is 0 Å². The number of allylic oxidation sites excluding steroid dienone is 2.